The van der Waals surface area contributed by atoms with Crippen LogP contribution in [0.2, 0.25) is 0 Å². The van der Waals surface area contributed by atoms with Gasteiger partial charge in [-0.15, -0.1) is 0 Å². The Kier molecular flexibility index (Phi) is 5.06. The summed E-state index contributed by atoms with van der Waals surface area (Å²) < 4.78 is 16.0. The molecule has 7 nitrogen and oxygen atoms in total. The Morgan fingerprint density at radius 1 is 1.18 bits per heavy atom. The lowest BCUT2D eigenvalue weighted by Crippen LogP contribution is -2.42. The van der Waals surface area contributed by atoms with Gasteiger partial charge in [0.15, 0.2) is 17.3 Å². The first-order chi connectivity index (χ1) is 13.7. The Morgan fingerprint density at radius 3 is 2.61 bits per heavy atom. The topological polar surface area (TPSA) is 76.8 Å². The first kappa shape index (κ1) is 18.2. The molecule has 1 fully saturated rings. The lowest BCUT2D eigenvalue weighted by Gasteiger charge is -2.32. The summed E-state index contributed by atoms with van der Waals surface area (Å²) >= 11 is 0. The second-order valence-corrected chi connectivity index (χ2v) is 6.77. The van der Waals surface area contributed by atoms with Gasteiger partial charge in [0, 0.05) is 42.5 Å². The molecule has 1 aliphatic rings. The fourth-order valence-corrected chi connectivity index (χ4v) is 3.60. The molecule has 1 saturated heterocycles. The monoisotopic (exact) mass is 381 g/mol. The summed E-state index contributed by atoms with van der Waals surface area (Å²) in [4.78, 5) is 18.7. The minimum atomic E-state index is -0.0466. The molecule has 2 aromatic heterocycles. The van der Waals surface area contributed by atoms with Crippen LogP contribution in [0.4, 0.5) is 5.69 Å². The zero-order chi connectivity index (χ0) is 19.5. The van der Waals surface area contributed by atoms with Crippen LogP contribution in [-0.4, -0.2) is 49.1 Å². The summed E-state index contributed by atoms with van der Waals surface area (Å²) in [5, 5.41) is 4.59. The Balaban J connectivity index is 1.48. The van der Waals surface area contributed by atoms with Gasteiger partial charge in [-0.2, -0.15) is 0 Å². The molecule has 1 N–H and O–H groups in total. The molecule has 0 unspecified atom stereocenters. The van der Waals surface area contributed by atoms with Crippen molar-refractivity contribution >= 4 is 22.5 Å². The molecule has 0 atom stereocenters. The van der Waals surface area contributed by atoms with Gasteiger partial charge in [-0.25, -0.2) is 0 Å². The molecule has 3 heterocycles. The number of anilines is 1. The van der Waals surface area contributed by atoms with Crippen molar-refractivity contribution in [2.75, 3.05) is 32.6 Å². The standard InChI is InChI=1S/C21H23N3O4/c1-26-19-12-15-16(5-8-22-17(15)13-20(19)27-2)23-14-6-9-24(10-7-14)21(25)18-4-3-11-28-18/h3-5,8,11-14H,6-7,9-10H2,1-2H3,(H,22,23). The van der Waals surface area contributed by atoms with Crippen LogP contribution >= 0.6 is 0 Å². The van der Waals surface area contributed by atoms with Gasteiger partial charge in [-0.3, -0.25) is 9.78 Å². The molecule has 0 bridgehead atoms. The molecule has 146 valence electrons. The van der Waals surface area contributed by atoms with Crippen LogP contribution in [0.1, 0.15) is 23.4 Å². The molecular weight excluding hydrogens is 358 g/mol. The molecule has 28 heavy (non-hydrogen) atoms. The predicted octanol–water partition coefficient (Wildman–Crippen LogP) is 3.56. The minimum absolute atomic E-state index is 0.0466. The van der Waals surface area contributed by atoms with E-state index < -0.39 is 0 Å². The predicted molar refractivity (Wildman–Crippen MR) is 106 cm³/mol. The number of pyridine rings is 1. The molecule has 0 radical (unpaired) electrons. The van der Waals surface area contributed by atoms with Crippen molar-refractivity contribution in [2.45, 2.75) is 18.9 Å². The summed E-state index contributed by atoms with van der Waals surface area (Å²) in [6, 6.07) is 9.51. The average Bonchev–Trinajstić information content (AvgIpc) is 3.28. The van der Waals surface area contributed by atoms with E-state index in [9.17, 15) is 4.79 Å². The number of nitrogens with zero attached hydrogens (tertiary/aromatic N) is 2. The normalized spacial score (nSPS) is 14.9. The number of aromatic nitrogens is 1. The summed E-state index contributed by atoms with van der Waals surface area (Å²) in [6.45, 7) is 1.38. The smallest absolute Gasteiger partial charge is 0.289 e. The Labute approximate surface area is 163 Å². The third-order valence-corrected chi connectivity index (χ3v) is 5.12. The van der Waals surface area contributed by atoms with E-state index in [0.29, 0.717) is 30.3 Å². The van der Waals surface area contributed by atoms with E-state index in [1.165, 1.54) is 6.26 Å². The van der Waals surface area contributed by atoms with E-state index >= 15 is 0 Å². The van der Waals surface area contributed by atoms with Gasteiger partial charge in [0.25, 0.3) is 5.91 Å². The van der Waals surface area contributed by atoms with Gasteiger partial charge >= 0.3 is 0 Å². The molecule has 1 aliphatic heterocycles. The molecule has 0 aliphatic carbocycles. The third kappa shape index (κ3) is 3.47. The maximum atomic E-state index is 12.4. The zero-order valence-electron chi connectivity index (χ0n) is 16.0. The van der Waals surface area contributed by atoms with E-state index in [1.54, 1.807) is 32.5 Å². The Hall–Kier alpha value is -3.22. The van der Waals surface area contributed by atoms with E-state index in [0.717, 1.165) is 29.4 Å². The number of nitrogens with one attached hydrogen (secondary N) is 1. The number of ether oxygens (including phenoxy) is 2. The van der Waals surface area contributed by atoms with E-state index in [1.807, 2.05) is 23.1 Å². The highest BCUT2D eigenvalue weighted by atomic mass is 16.5. The van der Waals surface area contributed by atoms with Gasteiger partial charge in [0.05, 0.1) is 26.0 Å². The fraction of sp³-hybridized carbons (Fsp3) is 0.333. The fourth-order valence-electron chi connectivity index (χ4n) is 3.60. The second-order valence-electron chi connectivity index (χ2n) is 6.77. The number of hydrogen-bond acceptors (Lipinski definition) is 6. The van der Waals surface area contributed by atoms with Crippen molar-refractivity contribution in [3.05, 3.63) is 48.6 Å². The van der Waals surface area contributed by atoms with Crippen molar-refractivity contribution in [1.82, 2.24) is 9.88 Å². The molecular formula is C21H23N3O4. The van der Waals surface area contributed by atoms with Gasteiger partial charge in [-0.1, -0.05) is 0 Å². The third-order valence-electron chi connectivity index (χ3n) is 5.12. The van der Waals surface area contributed by atoms with Crippen molar-refractivity contribution in [3.63, 3.8) is 0 Å². The first-order valence-corrected chi connectivity index (χ1v) is 9.29. The average molecular weight is 381 g/mol. The minimum Gasteiger partial charge on any atom is -0.493 e. The van der Waals surface area contributed by atoms with Crippen molar-refractivity contribution in [3.8, 4) is 11.5 Å². The maximum absolute atomic E-state index is 12.4. The molecule has 1 aromatic carbocycles. The molecule has 1 amide bonds. The lowest BCUT2D eigenvalue weighted by molar-refractivity contribution is 0.0686. The molecule has 0 saturated carbocycles. The van der Waals surface area contributed by atoms with Crippen LogP contribution in [0.5, 0.6) is 11.5 Å². The van der Waals surface area contributed by atoms with E-state index in [2.05, 4.69) is 10.3 Å². The number of fused-ring (bicyclic) bond motifs is 1. The molecule has 3 aromatic rings. The van der Waals surface area contributed by atoms with E-state index in [-0.39, 0.29) is 11.9 Å². The number of benzene rings is 1. The first-order valence-electron chi connectivity index (χ1n) is 9.29. The van der Waals surface area contributed by atoms with Crippen molar-refractivity contribution < 1.29 is 18.7 Å². The zero-order valence-corrected chi connectivity index (χ0v) is 16.0. The highest BCUT2D eigenvalue weighted by Crippen LogP contribution is 2.35. The van der Waals surface area contributed by atoms with Gasteiger partial charge < -0.3 is 24.1 Å². The number of carbonyl (C=O) groups is 1. The number of furan rings is 1. The summed E-state index contributed by atoms with van der Waals surface area (Å²) in [5.74, 6) is 1.68. The largest absolute Gasteiger partial charge is 0.493 e. The van der Waals surface area contributed by atoms with E-state index in [4.69, 9.17) is 13.9 Å². The quantitative estimate of drug-likeness (QED) is 0.728. The number of piperidine rings is 1. The Bertz CT molecular complexity index is 963. The highest BCUT2D eigenvalue weighted by molar-refractivity contribution is 5.94. The highest BCUT2D eigenvalue weighted by Gasteiger charge is 2.25. The molecule has 7 heteroatoms. The van der Waals surface area contributed by atoms with Crippen LogP contribution in [0, 0.1) is 0 Å². The van der Waals surface area contributed by atoms with Crippen LogP contribution in [0.15, 0.2) is 47.2 Å². The van der Waals surface area contributed by atoms with Crippen LogP contribution in [-0.2, 0) is 0 Å². The summed E-state index contributed by atoms with van der Waals surface area (Å²) in [5.41, 5.74) is 1.84. The lowest BCUT2D eigenvalue weighted by atomic mass is 10.0. The van der Waals surface area contributed by atoms with Gasteiger partial charge in [-0.05, 0) is 37.1 Å². The second kappa shape index (κ2) is 7.80. The van der Waals surface area contributed by atoms with Crippen LogP contribution < -0.4 is 14.8 Å². The maximum Gasteiger partial charge on any atom is 0.289 e. The Morgan fingerprint density at radius 2 is 1.93 bits per heavy atom. The van der Waals surface area contributed by atoms with Crippen molar-refractivity contribution in [1.29, 1.82) is 0 Å². The number of hydrogen-bond donors (Lipinski definition) is 1. The number of likely N-dealkylation sites (tertiary alicyclic amines) is 1. The van der Waals surface area contributed by atoms with Crippen molar-refractivity contribution in [2.24, 2.45) is 0 Å². The number of carbonyl (C=O) groups excluding carboxylic acids is 1. The van der Waals surface area contributed by atoms with Gasteiger partial charge in [0.2, 0.25) is 0 Å². The van der Waals surface area contributed by atoms with Crippen LogP contribution in [0.25, 0.3) is 10.9 Å². The summed E-state index contributed by atoms with van der Waals surface area (Å²) in [7, 11) is 3.24. The number of amides is 1. The van der Waals surface area contributed by atoms with Gasteiger partial charge in [0.1, 0.15) is 0 Å². The summed E-state index contributed by atoms with van der Waals surface area (Å²) in [6.07, 6.45) is 5.04. The van der Waals surface area contributed by atoms with Crippen LogP contribution in [0.3, 0.4) is 0 Å². The molecule has 0 spiro atoms. The SMILES string of the molecule is COc1cc2nccc(NC3CCN(C(=O)c4ccco4)CC3)c2cc1OC. The number of methoxy groups -OCH3 is 2. The number of rotatable bonds is 5. The molecule has 4 rings (SSSR count).